The van der Waals surface area contributed by atoms with Crippen LogP contribution in [0, 0.1) is 0 Å². The smallest absolute Gasteiger partial charge is 0.282 e. The van der Waals surface area contributed by atoms with Crippen LogP contribution in [0.5, 0.6) is 17.2 Å². The van der Waals surface area contributed by atoms with Crippen molar-refractivity contribution < 1.29 is 18.9 Å². The van der Waals surface area contributed by atoms with Crippen LogP contribution in [-0.4, -0.2) is 34.0 Å². The van der Waals surface area contributed by atoms with Crippen LogP contribution in [0.25, 0.3) is 0 Å². The number of ether oxygens (including phenoxy) is 4. The molecule has 0 saturated carbocycles. The molecule has 1 heterocycles. The molecule has 18 heavy (non-hydrogen) atoms. The quantitative estimate of drug-likeness (QED) is 0.868. The highest BCUT2D eigenvalue weighted by Crippen LogP contribution is 2.40. The number of amidine groups is 1. The molecule has 0 fully saturated rings. The topological polar surface area (TPSA) is 75.3 Å². The van der Waals surface area contributed by atoms with Crippen LogP contribution >= 0.6 is 0 Å². The number of nitrogens with zero attached hydrogens (tertiary/aromatic N) is 1. The van der Waals surface area contributed by atoms with Crippen LogP contribution in [0.1, 0.15) is 11.6 Å². The molecule has 0 saturated heterocycles. The van der Waals surface area contributed by atoms with Gasteiger partial charge in [-0.1, -0.05) is 0 Å². The highest BCUT2D eigenvalue weighted by Gasteiger charge is 2.26. The van der Waals surface area contributed by atoms with Crippen LogP contribution in [0.2, 0.25) is 0 Å². The lowest BCUT2D eigenvalue weighted by molar-refractivity contribution is 0.304. The second kappa shape index (κ2) is 5.03. The molecular formula is C12H16N2O4. The second-order valence-electron chi connectivity index (χ2n) is 3.74. The monoisotopic (exact) mass is 252 g/mol. The summed E-state index contributed by atoms with van der Waals surface area (Å²) in [5.41, 5.74) is 6.33. The minimum absolute atomic E-state index is 0.180. The average Bonchev–Trinajstić information content (AvgIpc) is 2.83. The van der Waals surface area contributed by atoms with E-state index >= 15 is 0 Å². The van der Waals surface area contributed by atoms with Crippen molar-refractivity contribution in [3.05, 3.63) is 17.7 Å². The van der Waals surface area contributed by atoms with E-state index in [0.29, 0.717) is 23.9 Å². The first-order valence-corrected chi connectivity index (χ1v) is 5.45. The molecule has 1 atom stereocenters. The Morgan fingerprint density at radius 1 is 1.17 bits per heavy atom. The number of nitrogens with two attached hydrogens (primary N) is 1. The maximum Gasteiger partial charge on any atom is 0.282 e. The van der Waals surface area contributed by atoms with E-state index in [0.717, 1.165) is 5.56 Å². The van der Waals surface area contributed by atoms with Crippen molar-refractivity contribution in [3.63, 3.8) is 0 Å². The fourth-order valence-corrected chi connectivity index (χ4v) is 1.90. The number of rotatable bonds is 4. The van der Waals surface area contributed by atoms with Gasteiger partial charge in [0.05, 0.1) is 26.9 Å². The van der Waals surface area contributed by atoms with Gasteiger partial charge >= 0.3 is 0 Å². The van der Waals surface area contributed by atoms with Gasteiger partial charge in [0, 0.05) is 12.1 Å². The highest BCUT2D eigenvalue weighted by atomic mass is 16.5. The molecule has 2 rings (SSSR count). The van der Waals surface area contributed by atoms with Crippen LogP contribution in [0.3, 0.4) is 0 Å². The Hall–Kier alpha value is -2.11. The van der Waals surface area contributed by atoms with Gasteiger partial charge in [-0.25, -0.2) is 4.99 Å². The largest absolute Gasteiger partial charge is 0.496 e. The Bertz CT molecular complexity index is 448. The molecule has 1 aliphatic rings. The van der Waals surface area contributed by atoms with Gasteiger partial charge in [0.2, 0.25) is 0 Å². The molecule has 0 amide bonds. The van der Waals surface area contributed by atoms with Crippen molar-refractivity contribution in [3.8, 4) is 17.2 Å². The standard InChI is InChI=1S/C12H16N2O4/c1-15-7-4-9(16-2)11(10(5-7)17-3)8-6-18-12(13)14-8/h4-5,8H,6H2,1-3H3,(H2,13,14). The predicted octanol–water partition coefficient (Wildman–Crippen LogP) is 1.10. The Kier molecular flexibility index (Phi) is 3.45. The predicted molar refractivity (Wildman–Crippen MR) is 66.4 cm³/mol. The van der Waals surface area contributed by atoms with E-state index in [1.807, 2.05) is 0 Å². The minimum atomic E-state index is -0.221. The third kappa shape index (κ3) is 2.13. The lowest BCUT2D eigenvalue weighted by Gasteiger charge is -2.16. The summed E-state index contributed by atoms with van der Waals surface area (Å²) in [5, 5.41) is 0. The summed E-state index contributed by atoms with van der Waals surface area (Å²) in [6.07, 6.45) is 0. The summed E-state index contributed by atoms with van der Waals surface area (Å²) in [7, 11) is 4.75. The van der Waals surface area contributed by atoms with Gasteiger partial charge in [-0.15, -0.1) is 0 Å². The first kappa shape index (κ1) is 12.3. The number of aliphatic imine (C=N–C) groups is 1. The molecule has 0 bridgehead atoms. The molecule has 1 aromatic carbocycles. The summed E-state index contributed by atoms with van der Waals surface area (Å²) in [6.45, 7) is 0.380. The third-order valence-electron chi connectivity index (χ3n) is 2.76. The molecule has 2 N–H and O–H groups in total. The summed E-state index contributed by atoms with van der Waals surface area (Å²) >= 11 is 0. The van der Waals surface area contributed by atoms with Crippen molar-refractivity contribution >= 4 is 6.02 Å². The Morgan fingerprint density at radius 2 is 1.78 bits per heavy atom. The maximum absolute atomic E-state index is 5.52. The molecule has 0 aliphatic carbocycles. The van der Waals surface area contributed by atoms with E-state index in [9.17, 15) is 0 Å². The Morgan fingerprint density at radius 3 is 2.17 bits per heavy atom. The number of hydrogen-bond donors (Lipinski definition) is 1. The zero-order valence-corrected chi connectivity index (χ0v) is 10.6. The molecule has 1 aromatic rings. The molecule has 6 nitrogen and oxygen atoms in total. The Balaban J connectivity index is 2.50. The fraction of sp³-hybridized carbons (Fsp3) is 0.417. The normalized spacial score (nSPS) is 17.9. The molecule has 0 aromatic heterocycles. The van der Waals surface area contributed by atoms with E-state index < -0.39 is 0 Å². The van der Waals surface area contributed by atoms with Gasteiger partial charge in [-0.2, -0.15) is 0 Å². The third-order valence-corrected chi connectivity index (χ3v) is 2.76. The van der Waals surface area contributed by atoms with E-state index in [1.54, 1.807) is 33.5 Å². The zero-order chi connectivity index (χ0) is 13.1. The average molecular weight is 252 g/mol. The van der Waals surface area contributed by atoms with Crippen molar-refractivity contribution in [2.75, 3.05) is 27.9 Å². The van der Waals surface area contributed by atoms with E-state index in [2.05, 4.69) is 4.99 Å². The van der Waals surface area contributed by atoms with Crippen molar-refractivity contribution in [1.82, 2.24) is 0 Å². The van der Waals surface area contributed by atoms with Crippen molar-refractivity contribution in [2.24, 2.45) is 10.7 Å². The number of methoxy groups -OCH3 is 3. The number of benzene rings is 1. The first-order chi connectivity index (χ1) is 8.69. The van der Waals surface area contributed by atoms with E-state index in [-0.39, 0.29) is 12.1 Å². The van der Waals surface area contributed by atoms with Gasteiger partial charge in [0.15, 0.2) is 0 Å². The van der Waals surface area contributed by atoms with E-state index in [1.165, 1.54) is 0 Å². The van der Waals surface area contributed by atoms with Gasteiger partial charge in [0.25, 0.3) is 6.02 Å². The zero-order valence-electron chi connectivity index (χ0n) is 10.6. The van der Waals surface area contributed by atoms with Crippen molar-refractivity contribution in [1.29, 1.82) is 0 Å². The molecule has 1 aliphatic heterocycles. The van der Waals surface area contributed by atoms with Gasteiger partial charge in [-0.05, 0) is 0 Å². The molecule has 98 valence electrons. The van der Waals surface area contributed by atoms with Crippen LogP contribution in [-0.2, 0) is 4.74 Å². The second-order valence-corrected chi connectivity index (χ2v) is 3.74. The molecule has 6 heteroatoms. The lowest BCUT2D eigenvalue weighted by Crippen LogP contribution is -2.10. The molecule has 1 unspecified atom stereocenters. The summed E-state index contributed by atoms with van der Waals surface area (Å²) in [4.78, 5) is 4.20. The minimum Gasteiger partial charge on any atom is -0.496 e. The summed E-state index contributed by atoms with van der Waals surface area (Å²) < 4.78 is 21.1. The van der Waals surface area contributed by atoms with Crippen LogP contribution < -0.4 is 19.9 Å². The number of hydrogen-bond acceptors (Lipinski definition) is 6. The Labute approximate surface area is 105 Å². The molecule has 0 radical (unpaired) electrons. The SMILES string of the molecule is COc1cc(OC)c(C2COC(N)=N2)c(OC)c1. The highest BCUT2D eigenvalue weighted by molar-refractivity contribution is 5.74. The van der Waals surface area contributed by atoms with Gasteiger partial charge in [-0.3, -0.25) is 0 Å². The van der Waals surface area contributed by atoms with Crippen LogP contribution in [0.4, 0.5) is 0 Å². The van der Waals surface area contributed by atoms with Gasteiger partial charge < -0.3 is 24.7 Å². The van der Waals surface area contributed by atoms with Crippen LogP contribution in [0.15, 0.2) is 17.1 Å². The first-order valence-electron chi connectivity index (χ1n) is 5.45. The van der Waals surface area contributed by atoms with E-state index in [4.69, 9.17) is 24.7 Å². The molecular weight excluding hydrogens is 236 g/mol. The molecule has 0 spiro atoms. The summed E-state index contributed by atoms with van der Waals surface area (Å²) in [5.74, 6) is 1.93. The fourth-order valence-electron chi connectivity index (χ4n) is 1.90. The maximum atomic E-state index is 5.52. The van der Waals surface area contributed by atoms with Crippen molar-refractivity contribution in [2.45, 2.75) is 6.04 Å². The lowest BCUT2D eigenvalue weighted by atomic mass is 10.1. The summed E-state index contributed by atoms with van der Waals surface area (Å²) in [6, 6.07) is 3.52. The van der Waals surface area contributed by atoms with Gasteiger partial charge in [0.1, 0.15) is 29.9 Å².